The highest BCUT2D eigenvalue weighted by Crippen LogP contribution is 2.35. The largest absolute Gasteiger partial charge is 0.456 e. The van der Waals surface area contributed by atoms with Crippen LogP contribution in [0.5, 0.6) is 0 Å². The number of para-hydroxylation sites is 1. The van der Waals surface area contributed by atoms with Crippen molar-refractivity contribution in [3.05, 3.63) is 47.5 Å². The van der Waals surface area contributed by atoms with Gasteiger partial charge in [-0.15, -0.1) is 0 Å². The van der Waals surface area contributed by atoms with E-state index >= 15 is 0 Å². The Balaban J connectivity index is 2.41. The van der Waals surface area contributed by atoms with Crippen LogP contribution in [0.25, 0.3) is 21.9 Å². The lowest BCUT2D eigenvalue weighted by Gasteiger charge is -2.22. The molecule has 1 heteroatoms. The second-order valence-electron chi connectivity index (χ2n) is 6.21. The molecule has 19 heavy (non-hydrogen) atoms. The van der Waals surface area contributed by atoms with Crippen LogP contribution in [-0.4, -0.2) is 0 Å². The molecule has 3 rings (SSSR count). The van der Waals surface area contributed by atoms with Crippen LogP contribution in [0.4, 0.5) is 0 Å². The Morgan fingerprint density at radius 1 is 0.947 bits per heavy atom. The van der Waals surface area contributed by atoms with Gasteiger partial charge in [0.15, 0.2) is 0 Å². The first-order valence-electron chi connectivity index (χ1n) is 6.95. The fourth-order valence-corrected chi connectivity index (χ4v) is 2.80. The van der Waals surface area contributed by atoms with E-state index in [0.717, 1.165) is 17.6 Å². The smallest absolute Gasteiger partial charge is 0.135 e. The molecule has 0 atom stereocenters. The summed E-state index contributed by atoms with van der Waals surface area (Å²) >= 11 is 0. The van der Waals surface area contributed by atoms with Gasteiger partial charge in [-0.25, -0.2) is 0 Å². The zero-order chi connectivity index (χ0) is 13.6. The van der Waals surface area contributed by atoms with Crippen molar-refractivity contribution in [2.45, 2.75) is 39.5 Å². The average molecular weight is 252 g/mol. The number of benzene rings is 2. The first kappa shape index (κ1) is 12.3. The van der Waals surface area contributed by atoms with E-state index in [9.17, 15) is 0 Å². The minimum Gasteiger partial charge on any atom is -0.456 e. The minimum atomic E-state index is 0.165. The summed E-state index contributed by atoms with van der Waals surface area (Å²) in [6.45, 7) is 9.03. The van der Waals surface area contributed by atoms with Crippen LogP contribution in [0.2, 0.25) is 0 Å². The minimum absolute atomic E-state index is 0.165. The molecule has 2 aromatic carbocycles. The summed E-state index contributed by atoms with van der Waals surface area (Å²) in [7, 11) is 0. The van der Waals surface area contributed by atoms with E-state index in [1.807, 2.05) is 12.1 Å². The molecule has 0 aliphatic heterocycles. The highest BCUT2D eigenvalue weighted by atomic mass is 16.3. The summed E-state index contributed by atoms with van der Waals surface area (Å²) in [6.07, 6.45) is 1.04. The molecule has 0 bridgehead atoms. The molecule has 1 nitrogen and oxygen atoms in total. The molecule has 0 N–H and O–H groups in total. The van der Waals surface area contributed by atoms with Gasteiger partial charge in [-0.3, -0.25) is 0 Å². The van der Waals surface area contributed by atoms with E-state index in [1.165, 1.54) is 21.9 Å². The lowest BCUT2D eigenvalue weighted by atomic mass is 9.82. The van der Waals surface area contributed by atoms with Crippen LogP contribution in [0.15, 0.2) is 40.8 Å². The highest BCUT2D eigenvalue weighted by Gasteiger charge is 2.19. The van der Waals surface area contributed by atoms with Crippen molar-refractivity contribution in [2.75, 3.05) is 0 Å². The Kier molecular flexibility index (Phi) is 2.67. The summed E-state index contributed by atoms with van der Waals surface area (Å²) in [5, 5.41) is 2.45. The molecule has 98 valence electrons. The SMILES string of the molecule is CCc1cc2oc3ccccc3c2cc1C(C)(C)C. The van der Waals surface area contributed by atoms with Gasteiger partial charge < -0.3 is 4.42 Å². The molecule has 1 aromatic heterocycles. The van der Waals surface area contributed by atoms with Gasteiger partial charge in [0.05, 0.1) is 0 Å². The maximum absolute atomic E-state index is 5.96. The fourth-order valence-electron chi connectivity index (χ4n) is 2.80. The molecule has 0 fully saturated rings. The zero-order valence-corrected chi connectivity index (χ0v) is 12.1. The highest BCUT2D eigenvalue weighted by molar-refractivity contribution is 6.05. The molecule has 0 amide bonds. The van der Waals surface area contributed by atoms with E-state index in [-0.39, 0.29) is 5.41 Å². The third-order valence-electron chi connectivity index (χ3n) is 3.79. The van der Waals surface area contributed by atoms with Gasteiger partial charge in [0.2, 0.25) is 0 Å². The molecular formula is C18H20O. The summed E-state index contributed by atoms with van der Waals surface area (Å²) in [5.74, 6) is 0. The topological polar surface area (TPSA) is 13.1 Å². The first-order chi connectivity index (χ1) is 9.00. The molecule has 1 heterocycles. The predicted molar refractivity (Wildman–Crippen MR) is 81.8 cm³/mol. The maximum Gasteiger partial charge on any atom is 0.135 e. The fraction of sp³-hybridized carbons (Fsp3) is 0.333. The van der Waals surface area contributed by atoms with Crippen LogP contribution >= 0.6 is 0 Å². The molecule has 0 aliphatic rings. The Labute approximate surface area is 114 Å². The summed E-state index contributed by atoms with van der Waals surface area (Å²) in [6, 6.07) is 12.8. The predicted octanol–water partition coefficient (Wildman–Crippen LogP) is 5.45. The van der Waals surface area contributed by atoms with Crippen LogP contribution in [0, 0.1) is 0 Å². The van der Waals surface area contributed by atoms with Gasteiger partial charge in [0, 0.05) is 10.8 Å². The van der Waals surface area contributed by atoms with Crippen LogP contribution < -0.4 is 0 Å². The molecular weight excluding hydrogens is 232 g/mol. The van der Waals surface area contributed by atoms with E-state index in [4.69, 9.17) is 4.42 Å². The molecule has 0 unspecified atom stereocenters. The van der Waals surface area contributed by atoms with Crippen molar-refractivity contribution in [1.29, 1.82) is 0 Å². The normalized spacial score (nSPS) is 12.4. The Hall–Kier alpha value is -1.76. The molecule has 0 radical (unpaired) electrons. The zero-order valence-electron chi connectivity index (χ0n) is 12.1. The number of furan rings is 1. The summed E-state index contributed by atoms with van der Waals surface area (Å²) in [4.78, 5) is 0. The van der Waals surface area contributed by atoms with Gasteiger partial charge in [0.1, 0.15) is 11.2 Å². The third kappa shape index (κ3) is 1.94. The number of hydrogen-bond acceptors (Lipinski definition) is 1. The van der Waals surface area contributed by atoms with Crippen LogP contribution in [-0.2, 0) is 11.8 Å². The Bertz CT molecular complexity index is 741. The average Bonchev–Trinajstić information content (AvgIpc) is 2.73. The first-order valence-corrected chi connectivity index (χ1v) is 6.95. The van der Waals surface area contributed by atoms with Gasteiger partial charge in [-0.1, -0.05) is 45.9 Å². The van der Waals surface area contributed by atoms with Crippen molar-refractivity contribution < 1.29 is 4.42 Å². The van der Waals surface area contributed by atoms with E-state index in [1.54, 1.807) is 0 Å². The number of fused-ring (bicyclic) bond motifs is 3. The van der Waals surface area contributed by atoms with Gasteiger partial charge in [-0.2, -0.15) is 0 Å². The van der Waals surface area contributed by atoms with Gasteiger partial charge >= 0.3 is 0 Å². The van der Waals surface area contributed by atoms with Crippen molar-refractivity contribution in [1.82, 2.24) is 0 Å². The summed E-state index contributed by atoms with van der Waals surface area (Å²) < 4.78 is 5.96. The summed E-state index contributed by atoms with van der Waals surface area (Å²) in [5.41, 5.74) is 4.96. The molecule has 3 aromatic rings. The number of hydrogen-bond donors (Lipinski definition) is 0. The van der Waals surface area contributed by atoms with Crippen molar-refractivity contribution in [3.8, 4) is 0 Å². The van der Waals surface area contributed by atoms with E-state index < -0.39 is 0 Å². The molecule has 0 spiro atoms. The van der Waals surface area contributed by atoms with E-state index in [0.29, 0.717) is 0 Å². The quantitative estimate of drug-likeness (QED) is 0.561. The second kappa shape index (κ2) is 4.12. The van der Waals surface area contributed by atoms with Crippen LogP contribution in [0.1, 0.15) is 38.8 Å². The van der Waals surface area contributed by atoms with Crippen LogP contribution in [0.3, 0.4) is 0 Å². The molecule has 0 saturated heterocycles. The van der Waals surface area contributed by atoms with Crippen molar-refractivity contribution >= 4 is 21.9 Å². The molecule has 0 saturated carbocycles. The monoisotopic (exact) mass is 252 g/mol. The van der Waals surface area contributed by atoms with Gasteiger partial charge in [-0.05, 0) is 41.2 Å². The Morgan fingerprint density at radius 2 is 1.68 bits per heavy atom. The number of aryl methyl sites for hydroxylation is 1. The van der Waals surface area contributed by atoms with Gasteiger partial charge in [0.25, 0.3) is 0 Å². The third-order valence-corrected chi connectivity index (χ3v) is 3.79. The number of rotatable bonds is 1. The standard InChI is InChI=1S/C18H20O/c1-5-12-10-17-14(11-15(12)18(2,3)4)13-8-6-7-9-16(13)19-17/h6-11H,5H2,1-4H3. The lowest BCUT2D eigenvalue weighted by Crippen LogP contribution is -2.13. The van der Waals surface area contributed by atoms with Crippen molar-refractivity contribution in [2.24, 2.45) is 0 Å². The molecule has 0 aliphatic carbocycles. The second-order valence-corrected chi connectivity index (χ2v) is 6.21. The lowest BCUT2D eigenvalue weighted by molar-refractivity contribution is 0.583. The maximum atomic E-state index is 5.96. The Morgan fingerprint density at radius 3 is 2.37 bits per heavy atom. The van der Waals surface area contributed by atoms with E-state index in [2.05, 4.69) is 52.0 Å². The van der Waals surface area contributed by atoms with Crippen molar-refractivity contribution in [3.63, 3.8) is 0 Å².